The summed E-state index contributed by atoms with van der Waals surface area (Å²) in [5, 5.41) is 7.60. The van der Waals surface area contributed by atoms with Gasteiger partial charge in [0.1, 0.15) is 5.60 Å². The summed E-state index contributed by atoms with van der Waals surface area (Å²) in [5.74, 6) is -0.383. The zero-order chi connectivity index (χ0) is 19.4. The summed E-state index contributed by atoms with van der Waals surface area (Å²) >= 11 is 0. The van der Waals surface area contributed by atoms with Crippen molar-refractivity contribution < 1.29 is 23.7 Å². The van der Waals surface area contributed by atoms with Crippen LogP contribution in [0.15, 0.2) is 35.0 Å². The van der Waals surface area contributed by atoms with Crippen LogP contribution in [-0.4, -0.2) is 54.2 Å². The van der Waals surface area contributed by atoms with E-state index in [0.717, 1.165) is 4.90 Å². The summed E-state index contributed by atoms with van der Waals surface area (Å²) in [6, 6.07) is 8.53. The molecule has 0 unspecified atom stereocenters. The zero-order valence-corrected chi connectivity index (χ0v) is 15.5. The Bertz CT molecular complexity index is 794. The number of imide groups is 1. The van der Waals surface area contributed by atoms with Crippen molar-refractivity contribution in [2.24, 2.45) is 0 Å². The van der Waals surface area contributed by atoms with Gasteiger partial charge in [0.05, 0.1) is 18.9 Å². The molecule has 1 aliphatic heterocycles. The lowest BCUT2D eigenvalue weighted by atomic mass is 10.2. The van der Waals surface area contributed by atoms with E-state index in [1.165, 1.54) is 0 Å². The Balaban J connectivity index is 1.94. The Kier molecular flexibility index (Phi) is 5.41. The summed E-state index contributed by atoms with van der Waals surface area (Å²) in [6.07, 6.45) is -0.797. The highest BCUT2D eigenvalue weighted by Gasteiger charge is 2.35. The molecule has 2 aromatic rings. The summed E-state index contributed by atoms with van der Waals surface area (Å²) in [7, 11) is 0. The van der Waals surface area contributed by atoms with Gasteiger partial charge in [-0.2, -0.15) is 0 Å². The molecule has 0 radical (unpaired) electrons. The average molecular weight is 374 g/mol. The van der Waals surface area contributed by atoms with Gasteiger partial charge < -0.3 is 14.4 Å². The predicted octanol–water partition coefficient (Wildman–Crippen LogP) is 2.49. The fourth-order valence-corrected chi connectivity index (χ4v) is 2.60. The summed E-state index contributed by atoms with van der Waals surface area (Å²) in [6.45, 7) is 7.31. The van der Waals surface area contributed by atoms with Gasteiger partial charge in [0.15, 0.2) is 0 Å². The van der Waals surface area contributed by atoms with Gasteiger partial charge in [-0.25, -0.2) is 14.3 Å². The van der Waals surface area contributed by atoms with Crippen molar-refractivity contribution in [3.8, 4) is 0 Å². The second-order valence-corrected chi connectivity index (χ2v) is 6.99. The van der Waals surface area contributed by atoms with Crippen molar-refractivity contribution in [1.82, 2.24) is 10.3 Å². The maximum atomic E-state index is 13.2. The standard InChI is InChI=1S/C18H22N4O5/c1-18(2,3)26-17(24)22(13-7-5-4-6-8-13)16(23)14-15(20-27-19-14)21-9-11-25-12-10-21/h4-8H,9-12H2,1-3H3. The SMILES string of the molecule is CC(C)(C)OC(=O)N(C(=O)c1nonc1N1CCOCC1)c1ccccc1. The van der Waals surface area contributed by atoms with Gasteiger partial charge in [0.2, 0.25) is 11.5 Å². The normalized spacial score (nSPS) is 14.7. The lowest BCUT2D eigenvalue weighted by Crippen LogP contribution is -2.43. The van der Waals surface area contributed by atoms with Crippen LogP contribution in [0.5, 0.6) is 0 Å². The van der Waals surface area contributed by atoms with Gasteiger partial charge in [-0.1, -0.05) is 18.2 Å². The first kappa shape index (κ1) is 18.8. The molecule has 0 atom stereocenters. The van der Waals surface area contributed by atoms with Crippen LogP contribution < -0.4 is 9.80 Å². The fraction of sp³-hybridized carbons (Fsp3) is 0.444. The second-order valence-electron chi connectivity index (χ2n) is 6.99. The van der Waals surface area contributed by atoms with Crippen molar-refractivity contribution in [3.63, 3.8) is 0 Å². The molecule has 0 bridgehead atoms. The number of ether oxygens (including phenoxy) is 2. The lowest BCUT2D eigenvalue weighted by molar-refractivity contribution is 0.0563. The number of rotatable bonds is 3. The van der Waals surface area contributed by atoms with E-state index in [1.807, 2.05) is 4.90 Å². The molecule has 9 nitrogen and oxygen atoms in total. The first-order valence-electron chi connectivity index (χ1n) is 8.64. The molecular formula is C18H22N4O5. The van der Waals surface area contributed by atoms with Crippen LogP contribution in [0.2, 0.25) is 0 Å². The van der Waals surface area contributed by atoms with Crippen LogP contribution in [0.4, 0.5) is 16.3 Å². The van der Waals surface area contributed by atoms with E-state index in [2.05, 4.69) is 10.3 Å². The molecule has 1 fully saturated rings. The molecule has 0 aliphatic carbocycles. The molecule has 2 heterocycles. The van der Waals surface area contributed by atoms with Crippen molar-refractivity contribution in [2.45, 2.75) is 26.4 Å². The van der Waals surface area contributed by atoms with Crippen molar-refractivity contribution in [2.75, 3.05) is 36.1 Å². The van der Waals surface area contributed by atoms with Gasteiger partial charge in [-0.05, 0) is 43.2 Å². The highest BCUT2D eigenvalue weighted by atomic mass is 16.6. The number of para-hydroxylation sites is 1. The molecule has 3 rings (SSSR count). The van der Waals surface area contributed by atoms with Gasteiger partial charge in [-0.3, -0.25) is 4.79 Å². The molecule has 9 heteroatoms. The topological polar surface area (TPSA) is 98.0 Å². The molecule has 1 aromatic carbocycles. The number of aromatic nitrogens is 2. The highest BCUT2D eigenvalue weighted by Crippen LogP contribution is 2.24. The maximum absolute atomic E-state index is 13.2. The summed E-state index contributed by atoms with van der Waals surface area (Å²) in [4.78, 5) is 28.7. The number of carbonyl (C=O) groups is 2. The van der Waals surface area contributed by atoms with Gasteiger partial charge in [0, 0.05) is 13.1 Å². The van der Waals surface area contributed by atoms with Crippen LogP contribution in [-0.2, 0) is 9.47 Å². The number of hydrogen-bond donors (Lipinski definition) is 0. The van der Waals surface area contributed by atoms with E-state index in [-0.39, 0.29) is 11.5 Å². The Morgan fingerprint density at radius 3 is 2.41 bits per heavy atom. The van der Waals surface area contributed by atoms with Gasteiger partial charge in [-0.15, -0.1) is 0 Å². The lowest BCUT2D eigenvalue weighted by Gasteiger charge is -2.28. The number of anilines is 2. The van der Waals surface area contributed by atoms with E-state index in [1.54, 1.807) is 51.1 Å². The van der Waals surface area contributed by atoms with E-state index < -0.39 is 17.6 Å². The number of morpholine rings is 1. The monoisotopic (exact) mass is 374 g/mol. The zero-order valence-electron chi connectivity index (χ0n) is 15.5. The van der Waals surface area contributed by atoms with Crippen LogP contribution in [0, 0.1) is 0 Å². The highest BCUT2D eigenvalue weighted by molar-refractivity contribution is 6.20. The molecule has 1 aliphatic rings. The van der Waals surface area contributed by atoms with E-state index in [4.69, 9.17) is 14.1 Å². The molecule has 27 heavy (non-hydrogen) atoms. The minimum atomic E-state index is -0.797. The number of hydrogen-bond acceptors (Lipinski definition) is 8. The van der Waals surface area contributed by atoms with E-state index in [9.17, 15) is 9.59 Å². The van der Waals surface area contributed by atoms with E-state index in [0.29, 0.717) is 32.0 Å². The van der Waals surface area contributed by atoms with Crippen LogP contribution in [0.1, 0.15) is 31.3 Å². The molecule has 0 spiro atoms. The van der Waals surface area contributed by atoms with Crippen molar-refractivity contribution in [1.29, 1.82) is 0 Å². The Morgan fingerprint density at radius 2 is 1.78 bits per heavy atom. The number of carbonyl (C=O) groups excluding carboxylic acids is 2. The number of amides is 2. The number of benzene rings is 1. The van der Waals surface area contributed by atoms with Gasteiger partial charge in [0.25, 0.3) is 5.91 Å². The summed E-state index contributed by atoms with van der Waals surface area (Å²) < 4.78 is 15.5. The molecule has 144 valence electrons. The van der Waals surface area contributed by atoms with Crippen LogP contribution >= 0.6 is 0 Å². The molecule has 1 saturated heterocycles. The second kappa shape index (κ2) is 7.75. The Labute approximate surface area is 156 Å². The van der Waals surface area contributed by atoms with Crippen molar-refractivity contribution >= 4 is 23.5 Å². The average Bonchev–Trinajstić information content (AvgIpc) is 3.12. The molecule has 2 amide bonds. The third-order valence-corrected chi connectivity index (χ3v) is 3.78. The predicted molar refractivity (Wildman–Crippen MR) is 96.8 cm³/mol. The Morgan fingerprint density at radius 1 is 1.11 bits per heavy atom. The van der Waals surface area contributed by atoms with Gasteiger partial charge >= 0.3 is 6.09 Å². The summed E-state index contributed by atoms with van der Waals surface area (Å²) in [5.41, 5.74) is -0.446. The third kappa shape index (κ3) is 4.43. The Hall–Kier alpha value is -2.94. The minimum absolute atomic E-state index is 0.0494. The fourth-order valence-electron chi connectivity index (χ4n) is 2.60. The molecule has 0 N–H and O–H groups in total. The largest absolute Gasteiger partial charge is 0.443 e. The van der Waals surface area contributed by atoms with Crippen LogP contribution in [0.25, 0.3) is 0 Å². The van der Waals surface area contributed by atoms with Crippen molar-refractivity contribution in [3.05, 3.63) is 36.0 Å². The first-order chi connectivity index (χ1) is 12.9. The molecule has 0 saturated carbocycles. The maximum Gasteiger partial charge on any atom is 0.422 e. The molecular weight excluding hydrogens is 352 g/mol. The van der Waals surface area contributed by atoms with Crippen LogP contribution in [0.3, 0.4) is 0 Å². The van der Waals surface area contributed by atoms with E-state index >= 15 is 0 Å². The quantitative estimate of drug-likeness (QED) is 0.808. The smallest absolute Gasteiger partial charge is 0.422 e. The minimum Gasteiger partial charge on any atom is -0.443 e. The first-order valence-corrected chi connectivity index (χ1v) is 8.64. The number of nitrogens with zero attached hydrogens (tertiary/aromatic N) is 4. The molecule has 1 aromatic heterocycles. The third-order valence-electron chi connectivity index (χ3n) is 3.78.